The van der Waals surface area contributed by atoms with E-state index in [1.54, 1.807) is 6.07 Å². The van der Waals surface area contributed by atoms with Crippen molar-refractivity contribution in [3.05, 3.63) is 22.8 Å². The number of nitrogens with two attached hydrogens (primary N) is 1. The molecule has 0 unspecified atom stereocenters. The molecule has 1 aromatic rings. The normalized spacial score (nSPS) is 20.0. The zero-order valence-corrected chi connectivity index (χ0v) is 11.9. The summed E-state index contributed by atoms with van der Waals surface area (Å²) in [6.07, 6.45) is 4.12. The summed E-state index contributed by atoms with van der Waals surface area (Å²) in [7, 11) is 0. The molecule has 0 bridgehead atoms. The Morgan fingerprint density at radius 3 is 2.60 bits per heavy atom. The van der Waals surface area contributed by atoms with Crippen LogP contribution in [0, 0.1) is 0 Å². The number of pyridine rings is 1. The van der Waals surface area contributed by atoms with Gasteiger partial charge in [0.25, 0.3) is 5.91 Å². The Kier molecular flexibility index (Phi) is 3.78. The molecule has 2 aliphatic rings. The molecule has 3 rings (SSSR count). The number of piperazine rings is 1. The van der Waals surface area contributed by atoms with Crippen LogP contribution in [0.25, 0.3) is 0 Å². The molecule has 0 radical (unpaired) electrons. The minimum atomic E-state index is -0.0154. The van der Waals surface area contributed by atoms with E-state index in [2.05, 4.69) is 15.3 Å². The van der Waals surface area contributed by atoms with Gasteiger partial charge >= 0.3 is 0 Å². The van der Waals surface area contributed by atoms with Crippen LogP contribution in [0.2, 0.25) is 5.02 Å². The molecular weight excluding hydrogens is 278 g/mol. The van der Waals surface area contributed by atoms with Crippen LogP contribution in [-0.2, 0) is 0 Å². The monoisotopic (exact) mass is 295 g/mol. The molecule has 0 spiro atoms. The van der Waals surface area contributed by atoms with Crippen molar-refractivity contribution in [2.24, 2.45) is 5.84 Å². The highest BCUT2D eigenvalue weighted by atomic mass is 35.5. The zero-order valence-electron chi connectivity index (χ0n) is 11.2. The first-order valence-electron chi connectivity index (χ1n) is 6.84. The fourth-order valence-electron chi connectivity index (χ4n) is 2.57. The number of nitrogen functional groups attached to an aromatic ring is 1. The average molecular weight is 296 g/mol. The van der Waals surface area contributed by atoms with E-state index in [4.69, 9.17) is 17.4 Å². The molecule has 20 heavy (non-hydrogen) atoms. The summed E-state index contributed by atoms with van der Waals surface area (Å²) in [5.74, 6) is 5.63. The van der Waals surface area contributed by atoms with E-state index in [1.807, 2.05) is 4.90 Å². The number of nitrogens with one attached hydrogen (secondary N) is 1. The van der Waals surface area contributed by atoms with Gasteiger partial charge in [0.15, 0.2) is 5.82 Å². The van der Waals surface area contributed by atoms with E-state index in [-0.39, 0.29) is 5.91 Å². The molecule has 7 heteroatoms. The third-order valence-electron chi connectivity index (χ3n) is 3.89. The number of hydrogen-bond acceptors (Lipinski definition) is 5. The van der Waals surface area contributed by atoms with Gasteiger partial charge in [-0.3, -0.25) is 9.69 Å². The van der Waals surface area contributed by atoms with Crippen LogP contribution in [0.1, 0.15) is 23.2 Å². The van der Waals surface area contributed by atoms with Crippen molar-refractivity contribution >= 4 is 23.3 Å². The average Bonchev–Trinajstić information content (AvgIpc) is 3.31. The van der Waals surface area contributed by atoms with E-state index >= 15 is 0 Å². The Morgan fingerprint density at radius 2 is 2.05 bits per heavy atom. The lowest BCUT2D eigenvalue weighted by molar-refractivity contribution is 0.0627. The van der Waals surface area contributed by atoms with Crippen molar-refractivity contribution in [2.45, 2.75) is 18.9 Å². The van der Waals surface area contributed by atoms with Crippen molar-refractivity contribution in [3.8, 4) is 0 Å². The molecule has 2 heterocycles. The first kappa shape index (κ1) is 13.6. The minimum absolute atomic E-state index is 0.0154. The summed E-state index contributed by atoms with van der Waals surface area (Å²) in [6, 6.07) is 2.37. The van der Waals surface area contributed by atoms with Crippen LogP contribution in [0.3, 0.4) is 0 Å². The minimum Gasteiger partial charge on any atom is -0.336 e. The summed E-state index contributed by atoms with van der Waals surface area (Å²) in [6.45, 7) is 3.45. The fraction of sp³-hybridized carbons (Fsp3) is 0.538. The largest absolute Gasteiger partial charge is 0.336 e. The molecule has 1 saturated heterocycles. The molecule has 1 aliphatic heterocycles. The van der Waals surface area contributed by atoms with E-state index in [9.17, 15) is 4.79 Å². The second-order valence-electron chi connectivity index (χ2n) is 5.26. The highest BCUT2D eigenvalue weighted by Crippen LogP contribution is 2.28. The number of anilines is 1. The number of hydrogen-bond donors (Lipinski definition) is 2. The third kappa shape index (κ3) is 2.72. The lowest BCUT2D eigenvalue weighted by Gasteiger charge is -2.34. The van der Waals surface area contributed by atoms with Crippen molar-refractivity contribution in [3.63, 3.8) is 0 Å². The summed E-state index contributed by atoms with van der Waals surface area (Å²) in [5, 5.41) is 0.356. The molecule has 3 N–H and O–H groups in total. The molecule has 0 aromatic carbocycles. The van der Waals surface area contributed by atoms with Gasteiger partial charge in [-0.2, -0.15) is 0 Å². The first-order chi connectivity index (χ1) is 9.69. The maximum Gasteiger partial charge on any atom is 0.255 e. The predicted molar refractivity (Wildman–Crippen MR) is 77.6 cm³/mol. The lowest BCUT2D eigenvalue weighted by atomic mass is 10.2. The maximum absolute atomic E-state index is 12.4. The quantitative estimate of drug-likeness (QED) is 0.641. The number of hydrazine groups is 1. The molecule has 6 nitrogen and oxygen atoms in total. The van der Waals surface area contributed by atoms with Gasteiger partial charge in [-0.15, -0.1) is 0 Å². The molecule has 0 atom stereocenters. The predicted octanol–water partition coefficient (Wildman–Crippen LogP) is 0.941. The van der Waals surface area contributed by atoms with Crippen LogP contribution < -0.4 is 11.3 Å². The maximum atomic E-state index is 12.4. The van der Waals surface area contributed by atoms with E-state index in [0.717, 1.165) is 32.2 Å². The van der Waals surface area contributed by atoms with Crippen LogP contribution in [0.5, 0.6) is 0 Å². The van der Waals surface area contributed by atoms with Gasteiger partial charge in [-0.05, 0) is 18.9 Å². The number of carbonyl (C=O) groups is 1. The van der Waals surface area contributed by atoms with Crippen molar-refractivity contribution in [1.82, 2.24) is 14.8 Å². The number of amides is 1. The zero-order chi connectivity index (χ0) is 14.1. The number of rotatable bonds is 3. The Balaban J connectivity index is 1.65. The van der Waals surface area contributed by atoms with Crippen LogP contribution in [-0.4, -0.2) is 52.9 Å². The van der Waals surface area contributed by atoms with Gasteiger partial charge < -0.3 is 10.3 Å². The van der Waals surface area contributed by atoms with Crippen LogP contribution >= 0.6 is 11.6 Å². The van der Waals surface area contributed by atoms with Gasteiger partial charge in [0.05, 0.1) is 10.6 Å². The third-order valence-corrected chi connectivity index (χ3v) is 4.18. The number of aromatic nitrogens is 1. The molecule has 1 aliphatic carbocycles. The highest BCUT2D eigenvalue weighted by Gasteiger charge is 2.32. The molecule has 2 fully saturated rings. The fourth-order valence-corrected chi connectivity index (χ4v) is 2.79. The Hall–Kier alpha value is -1.37. The Labute approximate surface area is 122 Å². The van der Waals surface area contributed by atoms with Gasteiger partial charge in [-0.1, -0.05) is 11.6 Å². The molecule has 1 aromatic heterocycles. The highest BCUT2D eigenvalue weighted by molar-refractivity contribution is 6.33. The second-order valence-corrected chi connectivity index (χ2v) is 5.67. The van der Waals surface area contributed by atoms with E-state index < -0.39 is 0 Å². The smallest absolute Gasteiger partial charge is 0.255 e. The standard InChI is InChI=1S/C13H18ClN5O/c14-11-7-9(8-16-12(11)17-15)13(20)19-5-3-18(4-6-19)10-1-2-10/h7-8,10H,1-6,15H2,(H,16,17). The van der Waals surface area contributed by atoms with Crippen molar-refractivity contribution in [2.75, 3.05) is 31.6 Å². The summed E-state index contributed by atoms with van der Waals surface area (Å²) in [5.41, 5.74) is 2.90. The van der Waals surface area contributed by atoms with Crippen molar-refractivity contribution in [1.29, 1.82) is 0 Å². The molecule has 108 valence electrons. The number of halogens is 1. The molecule has 1 saturated carbocycles. The van der Waals surface area contributed by atoms with Gasteiger partial charge in [0.2, 0.25) is 0 Å². The van der Waals surface area contributed by atoms with E-state index in [0.29, 0.717) is 16.4 Å². The molecule has 1 amide bonds. The topological polar surface area (TPSA) is 74.5 Å². The first-order valence-corrected chi connectivity index (χ1v) is 7.22. The van der Waals surface area contributed by atoms with Gasteiger partial charge in [0, 0.05) is 38.4 Å². The van der Waals surface area contributed by atoms with Crippen LogP contribution in [0.15, 0.2) is 12.3 Å². The number of nitrogens with zero attached hydrogens (tertiary/aromatic N) is 3. The summed E-state index contributed by atoms with van der Waals surface area (Å²) in [4.78, 5) is 20.8. The Morgan fingerprint density at radius 1 is 1.35 bits per heavy atom. The van der Waals surface area contributed by atoms with Crippen LogP contribution in [0.4, 0.5) is 5.82 Å². The van der Waals surface area contributed by atoms with Gasteiger partial charge in [-0.25, -0.2) is 10.8 Å². The molecular formula is C13H18ClN5O. The SMILES string of the molecule is NNc1ncc(C(=O)N2CCN(C3CC3)CC2)cc1Cl. The summed E-state index contributed by atoms with van der Waals surface area (Å²) >= 11 is 6.00. The Bertz CT molecular complexity index is 511. The number of carbonyl (C=O) groups excluding carboxylic acids is 1. The second kappa shape index (κ2) is 5.55. The summed E-state index contributed by atoms with van der Waals surface area (Å²) < 4.78 is 0. The van der Waals surface area contributed by atoms with E-state index in [1.165, 1.54) is 19.0 Å². The van der Waals surface area contributed by atoms with Gasteiger partial charge in [0.1, 0.15) is 0 Å². The van der Waals surface area contributed by atoms with Crippen molar-refractivity contribution < 1.29 is 4.79 Å². The lowest BCUT2D eigenvalue weighted by Crippen LogP contribution is -2.49.